The molecule has 0 aliphatic heterocycles. The second kappa shape index (κ2) is 10.3. The first kappa shape index (κ1) is 29.4. The minimum atomic E-state index is -2.26. The Hall–Kier alpha value is -2.07. The minimum Gasteiger partial charge on any atom is -0.390 e. The Kier molecular flexibility index (Phi) is 7.60. The van der Waals surface area contributed by atoms with E-state index >= 15 is 8.78 Å². The van der Waals surface area contributed by atoms with E-state index in [9.17, 15) is 24.7 Å². The summed E-state index contributed by atoms with van der Waals surface area (Å²) in [6.07, 6.45) is 0.738. The number of anilines is 1. The van der Waals surface area contributed by atoms with Gasteiger partial charge in [0, 0.05) is 28.8 Å². The van der Waals surface area contributed by atoms with E-state index < -0.39 is 58.2 Å². The van der Waals surface area contributed by atoms with Gasteiger partial charge in [-0.2, -0.15) is 0 Å². The van der Waals surface area contributed by atoms with E-state index in [0.717, 1.165) is 22.9 Å². The lowest BCUT2D eigenvalue weighted by Crippen LogP contribution is -2.68. The number of carbonyl (C=O) groups excluding carboxylic acids is 3. The van der Waals surface area contributed by atoms with Crippen molar-refractivity contribution < 1.29 is 33.5 Å². The number of carbonyl (C=O) groups is 3. The van der Waals surface area contributed by atoms with Crippen LogP contribution in [0.3, 0.4) is 0 Å². The largest absolute Gasteiger partial charge is 0.390 e. The van der Waals surface area contributed by atoms with Gasteiger partial charge in [-0.05, 0) is 92.4 Å². The lowest BCUT2D eigenvalue weighted by atomic mass is 9.45. The van der Waals surface area contributed by atoms with Crippen LogP contribution in [0, 0.1) is 34.5 Å². The number of halogens is 3. The van der Waals surface area contributed by atoms with E-state index in [0.29, 0.717) is 17.1 Å². The molecule has 4 aliphatic rings. The van der Waals surface area contributed by atoms with Crippen molar-refractivity contribution in [3.63, 3.8) is 0 Å². The van der Waals surface area contributed by atoms with Gasteiger partial charge in [0.05, 0.1) is 17.5 Å². The number of hydrogen-bond donors (Lipinski definition) is 2. The predicted octanol–water partition coefficient (Wildman–Crippen LogP) is 5.55. The van der Waals surface area contributed by atoms with Crippen molar-refractivity contribution in [1.82, 2.24) is 0 Å². The monoisotopic (exact) mass is 593 g/mol. The number of hydroxylamine groups is 1. The standard InChI is InChI=1S/C30H34ClF2NO5S/c1-16(35)15-40-27(38)26-17(14-34(39)19-6-4-18(31)5-7-19)10-21-22-12-24(32)23-11-20(36)8-9-29(23,3)30(22,33)25(37)13-28(21,26)2/h4-9,11,17,21-22,24-26,37,39H,10,12-15H2,1-3H3/t17-,21?,22-,24-,25-,26+,28-,29-,30-/m0/s1. The summed E-state index contributed by atoms with van der Waals surface area (Å²) in [5.74, 6) is -3.18. The van der Waals surface area contributed by atoms with Gasteiger partial charge in [-0.3, -0.25) is 24.7 Å². The molecule has 0 heterocycles. The van der Waals surface area contributed by atoms with E-state index in [4.69, 9.17) is 11.6 Å². The molecule has 0 amide bonds. The summed E-state index contributed by atoms with van der Waals surface area (Å²) in [5.41, 5.74) is -4.17. The van der Waals surface area contributed by atoms with Gasteiger partial charge in [0.2, 0.25) is 0 Å². The van der Waals surface area contributed by atoms with Gasteiger partial charge in [0.15, 0.2) is 16.6 Å². The Morgan fingerprint density at radius 3 is 2.50 bits per heavy atom. The molecule has 1 aromatic rings. The number of nitrogens with zero attached hydrogens (tertiary/aromatic N) is 1. The first-order valence-electron chi connectivity index (χ1n) is 13.6. The van der Waals surface area contributed by atoms with E-state index in [1.807, 2.05) is 6.92 Å². The van der Waals surface area contributed by atoms with Crippen molar-refractivity contribution in [3.8, 4) is 0 Å². The van der Waals surface area contributed by atoms with E-state index in [1.165, 1.54) is 19.1 Å². The maximum absolute atomic E-state index is 17.5. The van der Waals surface area contributed by atoms with Crippen LogP contribution in [0.15, 0.2) is 48.1 Å². The van der Waals surface area contributed by atoms with Gasteiger partial charge in [0.25, 0.3) is 0 Å². The molecule has 4 aliphatic carbocycles. The molecule has 3 saturated carbocycles. The Morgan fingerprint density at radius 2 is 1.85 bits per heavy atom. The minimum absolute atomic E-state index is 0.0144. The van der Waals surface area contributed by atoms with E-state index in [1.54, 1.807) is 31.2 Å². The number of rotatable bonds is 6. The zero-order chi connectivity index (χ0) is 29.2. The highest BCUT2D eigenvalue weighted by Crippen LogP contribution is 2.70. The number of thioether (sulfide) groups is 1. The Bertz CT molecular complexity index is 1290. The van der Waals surface area contributed by atoms with Gasteiger partial charge in [-0.15, -0.1) is 0 Å². The molecule has 0 radical (unpaired) electrons. The van der Waals surface area contributed by atoms with Gasteiger partial charge in [-0.25, -0.2) is 8.78 Å². The normalized spacial score (nSPS) is 40.1. The Balaban J connectivity index is 1.54. The second-order valence-electron chi connectivity index (χ2n) is 12.3. The zero-order valence-corrected chi connectivity index (χ0v) is 24.2. The highest BCUT2D eigenvalue weighted by Gasteiger charge is 2.73. The highest BCUT2D eigenvalue weighted by atomic mass is 35.5. The number of aliphatic hydroxyl groups excluding tert-OH is 1. The summed E-state index contributed by atoms with van der Waals surface area (Å²) >= 11 is 6.89. The average Bonchev–Trinajstić information content (AvgIpc) is 3.17. The fraction of sp³-hybridized carbons (Fsp3) is 0.567. The van der Waals surface area contributed by atoms with Crippen LogP contribution in [-0.2, 0) is 14.4 Å². The van der Waals surface area contributed by atoms with Gasteiger partial charge >= 0.3 is 0 Å². The summed E-state index contributed by atoms with van der Waals surface area (Å²) < 4.78 is 33.2. The molecule has 40 heavy (non-hydrogen) atoms. The second-order valence-corrected chi connectivity index (χ2v) is 13.7. The maximum Gasteiger partial charge on any atom is 0.193 e. The number of Topliss-reactive ketones (excluding diaryl/α,β-unsaturated/α-hetero) is 1. The summed E-state index contributed by atoms with van der Waals surface area (Å²) in [5, 5.41) is 23.8. The highest BCUT2D eigenvalue weighted by molar-refractivity contribution is 8.14. The molecule has 0 saturated heterocycles. The molecule has 0 aromatic heterocycles. The van der Waals surface area contributed by atoms with Crippen LogP contribution in [-0.4, -0.2) is 57.2 Å². The first-order valence-corrected chi connectivity index (χ1v) is 14.9. The zero-order valence-electron chi connectivity index (χ0n) is 22.6. The van der Waals surface area contributed by atoms with Crippen LogP contribution >= 0.6 is 23.4 Å². The van der Waals surface area contributed by atoms with Crippen molar-refractivity contribution >= 4 is 45.7 Å². The van der Waals surface area contributed by atoms with Crippen molar-refractivity contribution in [3.05, 3.63) is 53.1 Å². The first-order chi connectivity index (χ1) is 18.7. The van der Waals surface area contributed by atoms with Crippen LogP contribution in [0.25, 0.3) is 0 Å². The molecule has 5 rings (SSSR count). The molecule has 0 bridgehead atoms. The molecule has 0 spiro atoms. The lowest BCUT2D eigenvalue weighted by molar-refractivity contribution is -0.201. The molecule has 3 fully saturated rings. The van der Waals surface area contributed by atoms with Crippen molar-refractivity contribution in [2.45, 2.75) is 58.0 Å². The SMILES string of the molecule is CC(=O)CSC(=O)[C@H]1[C@H](CN(O)c2ccc(Cl)cc2)CC2[C@@H]3C[C@H](F)C4=CC(=O)C=C[C@]4(C)[C@@]3(F)[C@@H](O)C[C@@]21C. The Labute approximate surface area is 241 Å². The van der Waals surface area contributed by atoms with Crippen molar-refractivity contribution in [2.24, 2.45) is 34.5 Å². The predicted molar refractivity (Wildman–Crippen MR) is 150 cm³/mol. The average molecular weight is 594 g/mol. The Morgan fingerprint density at radius 1 is 1.18 bits per heavy atom. The fourth-order valence-electron chi connectivity index (χ4n) is 8.23. The van der Waals surface area contributed by atoms with E-state index in [2.05, 4.69) is 0 Å². The molecule has 6 nitrogen and oxygen atoms in total. The van der Waals surface area contributed by atoms with Gasteiger partial charge < -0.3 is 5.11 Å². The molecule has 216 valence electrons. The van der Waals surface area contributed by atoms with Gasteiger partial charge in [0.1, 0.15) is 12.0 Å². The summed E-state index contributed by atoms with van der Waals surface area (Å²) in [6.45, 7) is 4.83. The number of allylic oxidation sites excluding steroid dienone is 4. The topological polar surface area (TPSA) is 94.9 Å². The quantitative estimate of drug-likeness (QED) is 0.418. The van der Waals surface area contributed by atoms with Crippen molar-refractivity contribution in [2.75, 3.05) is 17.4 Å². The smallest absolute Gasteiger partial charge is 0.193 e. The van der Waals surface area contributed by atoms with Crippen molar-refractivity contribution in [1.29, 1.82) is 0 Å². The molecule has 1 unspecified atom stereocenters. The number of alkyl halides is 2. The summed E-state index contributed by atoms with van der Waals surface area (Å²) in [6, 6.07) is 6.55. The fourth-order valence-corrected chi connectivity index (χ4v) is 9.34. The molecular weight excluding hydrogens is 560 g/mol. The third kappa shape index (κ3) is 4.48. The van der Waals surface area contributed by atoms with E-state index in [-0.39, 0.29) is 41.6 Å². The summed E-state index contributed by atoms with van der Waals surface area (Å²) in [7, 11) is 0. The number of benzene rings is 1. The maximum atomic E-state index is 17.5. The third-order valence-electron chi connectivity index (χ3n) is 10.0. The van der Waals surface area contributed by atoms with Crippen LogP contribution in [0.5, 0.6) is 0 Å². The van der Waals surface area contributed by atoms with Crippen LogP contribution in [0.1, 0.15) is 40.0 Å². The molecule has 10 heteroatoms. The molecular formula is C30H34ClF2NO5S. The molecule has 2 N–H and O–H groups in total. The van der Waals surface area contributed by atoms with Gasteiger partial charge in [-0.1, -0.05) is 36.4 Å². The lowest BCUT2D eigenvalue weighted by Gasteiger charge is -2.62. The van der Waals surface area contributed by atoms with Crippen LogP contribution in [0.4, 0.5) is 14.5 Å². The third-order valence-corrected chi connectivity index (χ3v) is 11.3. The molecule has 1 aromatic carbocycles. The molecule has 9 atom stereocenters. The number of aliphatic hydroxyl groups is 1. The number of hydrogen-bond acceptors (Lipinski definition) is 7. The van der Waals surface area contributed by atoms with Crippen LogP contribution < -0.4 is 5.06 Å². The number of ketones is 2. The van der Waals surface area contributed by atoms with Crippen LogP contribution in [0.2, 0.25) is 5.02 Å². The summed E-state index contributed by atoms with van der Waals surface area (Å²) in [4.78, 5) is 37.5. The number of fused-ring (bicyclic) bond motifs is 5.